The molecule has 1 saturated heterocycles. The highest BCUT2D eigenvalue weighted by Gasteiger charge is 2.23. The van der Waals surface area contributed by atoms with Gasteiger partial charge < -0.3 is 10.1 Å². The summed E-state index contributed by atoms with van der Waals surface area (Å²) < 4.78 is 4.66. The molecule has 0 unspecified atom stereocenters. The number of hydrogen-bond acceptors (Lipinski definition) is 6. The molecule has 1 heterocycles. The van der Waals surface area contributed by atoms with Gasteiger partial charge in [-0.25, -0.2) is 4.79 Å². The van der Waals surface area contributed by atoms with Crippen molar-refractivity contribution in [2.45, 2.75) is 25.4 Å². The first-order valence-corrected chi connectivity index (χ1v) is 8.96. The fraction of sp³-hybridized carbons (Fsp3) is 0.350. The molecule has 1 aliphatic rings. The molecule has 2 aromatic carbocycles. The van der Waals surface area contributed by atoms with Crippen LogP contribution in [0.15, 0.2) is 48.5 Å². The number of hydrogen-bond donors (Lipinski definition) is 1. The van der Waals surface area contributed by atoms with Crippen LogP contribution in [0.3, 0.4) is 0 Å². The molecule has 0 spiro atoms. The van der Waals surface area contributed by atoms with E-state index in [1.54, 1.807) is 6.07 Å². The number of likely N-dealkylation sites (tertiary alicyclic amines) is 1. The summed E-state index contributed by atoms with van der Waals surface area (Å²) in [5.41, 5.74) is 1.73. The SMILES string of the molecule is COC(=O)c1cc(NC2CCN(Cc3ccccc3)CC2)ccc1[N+](=O)[O-]. The van der Waals surface area contributed by atoms with Crippen molar-refractivity contribution in [3.63, 3.8) is 0 Å². The Kier molecular flexibility index (Phi) is 6.03. The Balaban J connectivity index is 1.60. The van der Waals surface area contributed by atoms with Gasteiger partial charge in [-0.15, -0.1) is 0 Å². The van der Waals surface area contributed by atoms with Crippen molar-refractivity contribution in [2.75, 3.05) is 25.5 Å². The first-order valence-electron chi connectivity index (χ1n) is 8.96. The van der Waals surface area contributed by atoms with Crippen molar-refractivity contribution in [1.82, 2.24) is 4.90 Å². The molecule has 0 aromatic heterocycles. The number of rotatable bonds is 6. The number of benzene rings is 2. The minimum atomic E-state index is -0.706. The van der Waals surface area contributed by atoms with Gasteiger partial charge in [-0.1, -0.05) is 30.3 Å². The van der Waals surface area contributed by atoms with Crippen molar-refractivity contribution in [2.24, 2.45) is 0 Å². The minimum absolute atomic E-state index is 0.0333. The number of nitrogens with one attached hydrogen (secondary N) is 1. The van der Waals surface area contributed by atoms with E-state index >= 15 is 0 Å². The van der Waals surface area contributed by atoms with E-state index in [0.717, 1.165) is 32.5 Å². The van der Waals surface area contributed by atoms with Crippen molar-refractivity contribution >= 4 is 17.3 Å². The second-order valence-corrected chi connectivity index (χ2v) is 6.66. The maximum Gasteiger partial charge on any atom is 0.344 e. The average molecular weight is 369 g/mol. The molecule has 7 heteroatoms. The molecule has 0 bridgehead atoms. The van der Waals surface area contributed by atoms with Crippen LogP contribution in [0.2, 0.25) is 0 Å². The van der Waals surface area contributed by atoms with E-state index in [1.165, 1.54) is 24.8 Å². The third-order valence-electron chi connectivity index (χ3n) is 4.81. The summed E-state index contributed by atoms with van der Waals surface area (Å²) in [5, 5.41) is 14.5. The van der Waals surface area contributed by atoms with Crippen LogP contribution in [-0.4, -0.2) is 42.0 Å². The van der Waals surface area contributed by atoms with Crippen molar-refractivity contribution < 1.29 is 14.5 Å². The summed E-state index contributed by atoms with van der Waals surface area (Å²) in [5.74, 6) is -0.706. The molecule has 1 aliphatic heterocycles. The molecule has 0 saturated carbocycles. The normalized spacial score (nSPS) is 15.3. The highest BCUT2D eigenvalue weighted by Crippen LogP contribution is 2.25. The number of anilines is 1. The fourth-order valence-corrected chi connectivity index (χ4v) is 3.37. The second kappa shape index (κ2) is 8.64. The zero-order chi connectivity index (χ0) is 19.2. The Morgan fingerprint density at radius 2 is 1.93 bits per heavy atom. The molecule has 1 N–H and O–H groups in total. The van der Waals surface area contributed by atoms with E-state index in [9.17, 15) is 14.9 Å². The number of nitro benzene ring substituents is 1. The number of carbonyl (C=O) groups is 1. The number of ether oxygens (including phenoxy) is 1. The predicted molar refractivity (Wildman–Crippen MR) is 103 cm³/mol. The zero-order valence-electron chi connectivity index (χ0n) is 15.3. The van der Waals surface area contributed by atoms with Crippen LogP contribution < -0.4 is 5.32 Å². The summed E-state index contributed by atoms with van der Waals surface area (Å²) in [6.45, 7) is 2.89. The quantitative estimate of drug-likeness (QED) is 0.477. The van der Waals surface area contributed by atoms with Crippen LogP contribution in [0, 0.1) is 10.1 Å². The maximum absolute atomic E-state index is 11.8. The molecule has 0 atom stereocenters. The highest BCUT2D eigenvalue weighted by molar-refractivity contribution is 5.95. The molecule has 2 aromatic rings. The summed E-state index contributed by atoms with van der Waals surface area (Å²) in [6, 6.07) is 15.1. The molecule has 7 nitrogen and oxygen atoms in total. The molecule has 0 radical (unpaired) electrons. The van der Waals surface area contributed by atoms with E-state index in [0.29, 0.717) is 5.69 Å². The number of piperidine rings is 1. The van der Waals surface area contributed by atoms with Crippen molar-refractivity contribution in [1.29, 1.82) is 0 Å². The summed E-state index contributed by atoms with van der Waals surface area (Å²) in [7, 11) is 1.22. The summed E-state index contributed by atoms with van der Waals surface area (Å²) in [6.07, 6.45) is 1.94. The topological polar surface area (TPSA) is 84.7 Å². The molecule has 3 rings (SSSR count). The molecule has 0 amide bonds. The average Bonchev–Trinajstić information content (AvgIpc) is 2.69. The van der Waals surface area contributed by atoms with Crippen LogP contribution in [0.4, 0.5) is 11.4 Å². The van der Waals surface area contributed by atoms with E-state index < -0.39 is 10.9 Å². The van der Waals surface area contributed by atoms with Gasteiger partial charge in [0.15, 0.2) is 0 Å². The first kappa shape index (κ1) is 18.8. The Morgan fingerprint density at radius 3 is 2.56 bits per heavy atom. The Labute approximate surface area is 158 Å². The molecule has 142 valence electrons. The number of nitro groups is 1. The smallest absolute Gasteiger partial charge is 0.344 e. The third-order valence-corrected chi connectivity index (χ3v) is 4.81. The number of nitrogens with zero attached hydrogens (tertiary/aromatic N) is 2. The lowest BCUT2D eigenvalue weighted by molar-refractivity contribution is -0.385. The van der Waals surface area contributed by atoms with E-state index in [4.69, 9.17) is 0 Å². The largest absolute Gasteiger partial charge is 0.465 e. The van der Waals surface area contributed by atoms with Crippen LogP contribution in [0.5, 0.6) is 0 Å². The van der Waals surface area contributed by atoms with Gasteiger partial charge in [0.1, 0.15) is 5.56 Å². The van der Waals surface area contributed by atoms with Crippen LogP contribution in [0.1, 0.15) is 28.8 Å². The van der Waals surface area contributed by atoms with Gasteiger partial charge >= 0.3 is 5.97 Å². The lowest BCUT2D eigenvalue weighted by Gasteiger charge is -2.33. The van der Waals surface area contributed by atoms with Gasteiger partial charge in [0.25, 0.3) is 5.69 Å². The number of carbonyl (C=O) groups excluding carboxylic acids is 1. The molecular formula is C20H23N3O4. The molecule has 0 aliphatic carbocycles. The molecule has 1 fully saturated rings. The van der Waals surface area contributed by atoms with Gasteiger partial charge in [-0.2, -0.15) is 0 Å². The Bertz CT molecular complexity index is 802. The van der Waals surface area contributed by atoms with Gasteiger partial charge in [-0.3, -0.25) is 15.0 Å². The van der Waals surface area contributed by atoms with Gasteiger partial charge in [0.2, 0.25) is 0 Å². The summed E-state index contributed by atoms with van der Waals surface area (Å²) in [4.78, 5) is 24.8. The Hall–Kier alpha value is -2.93. The maximum atomic E-state index is 11.8. The van der Waals surface area contributed by atoms with Gasteiger partial charge in [-0.05, 0) is 30.5 Å². The zero-order valence-corrected chi connectivity index (χ0v) is 15.3. The molecular weight excluding hydrogens is 346 g/mol. The van der Waals surface area contributed by atoms with Gasteiger partial charge in [0.05, 0.1) is 12.0 Å². The van der Waals surface area contributed by atoms with Crippen LogP contribution in [-0.2, 0) is 11.3 Å². The minimum Gasteiger partial charge on any atom is -0.465 e. The monoisotopic (exact) mass is 369 g/mol. The fourth-order valence-electron chi connectivity index (χ4n) is 3.37. The lowest BCUT2D eigenvalue weighted by atomic mass is 10.0. The Morgan fingerprint density at radius 1 is 1.22 bits per heavy atom. The lowest BCUT2D eigenvalue weighted by Crippen LogP contribution is -2.38. The predicted octanol–water partition coefficient (Wildman–Crippen LogP) is 3.46. The summed E-state index contributed by atoms with van der Waals surface area (Å²) >= 11 is 0. The van der Waals surface area contributed by atoms with E-state index in [-0.39, 0.29) is 17.3 Å². The molecule has 27 heavy (non-hydrogen) atoms. The highest BCUT2D eigenvalue weighted by atomic mass is 16.6. The van der Waals surface area contributed by atoms with E-state index in [2.05, 4.69) is 39.2 Å². The standard InChI is InChI=1S/C20H23N3O4/c1-27-20(24)18-13-17(7-8-19(18)23(25)26)21-16-9-11-22(12-10-16)14-15-5-3-2-4-6-15/h2-8,13,16,21H,9-12,14H2,1H3. The van der Waals surface area contributed by atoms with Crippen molar-refractivity contribution in [3.8, 4) is 0 Å². The third kappa shape index (κ3) is 4.83. The second-order valence-electron chi connectivity index (χ2n) is 6.66. The van der Waals surface area contributed by atoms with Crippen LogP contribution in [0.25, 0.3) is 0 Å². The number of esters is 1. The van der Waals surface area contributed by atoms with Crippen molar-refractivity contribution in [3.05, 3.63) is 69.8 Å². The van der Waals surface area contributed by atoms with Crippen LogP contribution >= 0.6 is 0 Å². The van der Waals surface area contributed by atoms with E-state index in [1.807, 2.05) is 6.07 Å². The van der Waals surface area contributed by atoms with Gasteiger partial charge in [0, 0.05) is 37.4 Å². The number of methoxy groups -OCH3 is 1. The first-order chi connectivity index (χ1) is 13.1.